The number of ether oxygens (including phenoxy) is 1. The summed E-state index contributed by atoms with van der Waals surface area (Å²) in [6.07, 6.45) is -0.231. The maximum absolute atomic E-state index is 9.44. The molecule has 0 saturated carbocycles. The molecule has 1 aliphatic rings. The van der Waals surface area contributed by atoms with Gasteiger partial charge in [0.25, 0.3) is 0 Å². The molecular formula is C15H18ClN3O2. The van der Waals surface area contributed by atoms with Crippen molar-refractivity contribution in [1.82, 2.24) is 10.2 Å². The SMILES string of the molecule is CC1(C)CN(c2nnc(Cl)c3ccccc23)CC(CO)O1. The molecule has 112 valence electrons. The van der Waals surface area contributed by atoms with Crippen LogP contribution in [-0.4, -0.2) is 46.7 Å². The lowest BCUT2D eigenvalue weighted by Gasteiger charge is -2.42. The van der Waals surface area contributed by atoms with E-state index in [1.54, 1.807) is 0 Å². The zero-order valence-electron chi connectivity index (χ0n) is 12.1. The van der Waals surface area contributed by atoms with Crippen LogP contribution in [0, 0.1) is 0 Å². The quantitative estimate of drug-likeness (QED) is 0.922. The van der Waals surface area contributed by atoms with Gasteiger partial charge in [-0.25, -0.2) is 0 Å². The minimum absolute atomic E-state index is 0.0150. The number of halogens is 1. The van der Waals surface area contributed by atoms with Crippen molar-refractivity contribution in [3.63, 3.8) is 0 Å². The average molecular weight is 308 g/mol. The van der Waals surface area contributed by atoms with Crippen molar-refractivity contribution in [3.05, 3.63) is 29.4 Å². The number of nitrogens with zero attached hydrogens (tertiary/aromatic N) is 3. The topological polar surface area (TPSA) is 58.5 Å². The standard InChI is InChI=1S/C15H18ClN3O2/c1-15(2)9-19(7-10(8-20)21-15)14-12-6-4-3-5-11(12)13(16)17-18-14/h3-6,10,20H,7-9H2,1-2H3. The van der Waals surface area contributed by atoms with Gasteiger partial charge in [-0.15, -0.1) is 10.2 Å². The molecule has 1 N–H and O–H groups in total. The van der Waals surface area contributed by atoms with E-state index in [9.17, 15) is 5.11 Å². The zero-order chi connectivity index (χ0) is 15.0. The van der Waals surface area contributed by atoms with Crippen LogP contribution in [0.3, 0.4) is 0 Å². The maximum Gasteiger partial charge on any atom is 0.159 e. The Morgan fingerprint density at radius 3 is 2.76 bits per heavy atom. The molecule has 3 rings (SSSR count). The minimum atomic E-state index is -0.353. The van der Waals surface area contributed by atoms with Crippen LogP contribution in [-0.2, 0) is 4.74 Å². The summed E-state index contributed by atoms with van der Waals surface area (Å²) in [6, 6.07) is 7.81. The van der Waals surface area contributed by atoms with E-state index in [2.05, 4.69) is 15.1 Å². The third kappa shape index (κ3) is 2.81. The van der Waals surface area contributed by atoms with E-state index in [0.29, 0.717) is 18.2 Å². The van der Waals surface area contributed by atoms with Crippen molar-refractivity contribution in [2.24, 2.45) is 0 Å². The summed E-state index contributed by atoms with van der Waals surface area (Å²) in [4.78, 5) is 2.11. The van der Waals surface area contributed by atoms with Crippen LogP contribution >= 0.6 is 11.6 Å². The Kier molecular flexibility index (Phi) is 3.73. The van der Waals surface area contributed by atoms with Gasteiger partial charge in [-0.2, -0.15) is 0 Å². The molecule has 2 aromatic rings. The van der Waals surface area contributed by atoms with Gasteiger partial charge in [0, 0.05) is 23.9 Å². The first kappa shape index (κ1) is 14.5. The third-order valence-corrected chi connectivity index (χ3v) is 3.89. The molecule has 1 saturated heterocycles. The van der Waals surface area contributed by atoms with E-state index in [-0.39, 0.29) is 18.3 Å². The first-order valence-electron chi connectivity index (χ1n) is 6.95. The van der Waals surface area contributed by atoms with Gasteiger partial charge in [0.05, 0.1) is 18.3 Å². The molecule has 6 heteroatoms. The van der Waals surface area contributed by atoms with E-state index in [1.165, 1.54) is 0 Å². The fourth-order valence-corrected chi connectivity index (χ4v) is 3.05. The number of fused-ring (bicyclic) bond motifs is 1. The van der Waals surface area contributed by atoms with Crippen LogP contribution in [0.2, 0.25) is 5.15 Å². The Labute approximate surface area is 128 Å². The van der Waals surface area contributed by atoms with Crippen molar-refractivity contribution in [2.45, 2.75) is 25.6 Å². The van der Waals surface area contributed by atoms with Gasteiger partial charge in [0.15, 0.2) is 11.0 Å². The molecule has 5 nitrogen and oxygen atoms in total. The van der Waals surface area contributed by atoms with Gasteiger partial charge in [0.2, 0.25) is 0 Å². The monoisotopic (exact) mass is 307 g/mol. The second-order valence-corrected chi connectivity index (χ2v) is 6.28. The number of rotatable bonds is 2. The maximum atomic E-state index is 9.44. The number of morpholine rings is 1. The van der Waals surface area contributed by atoms with E-state index >= 15 is 0 Å². The van der Waals surface area contributed by atoms with Crippen molar-refractivity contribution in [1.29, 1.82) is 0 Å². The lowest BCUT2D eigenvalue weighted by Crippen LogP contribution is -2.54. The smallest absolute Gasteiger partial charge is 0.159 e. The lowest BCUT2D eigenvalue weighted by molar-refractivity contribution is -0.101. The molecule has 0 spiro atoms. The van der Waals surface area contributed by atoms with Gasteiger partial charge >= 0.3 is 0 Å². The minimum Gasteiger partial charge on any atom is -0.394 e. The van der Waals surface area contributed by atoms with E-state index in [0.717, 1.165) is 16.6 Å². The molecule has 1 aliphatic heterocycles. The number of anilines is 1. The number of aromatic nitrogens is 2. The normalized spacial score (nSPS) is 21.7. The fraction of sp³-hybridized carbons (Fsp3) is 0.467. The lowest BCUT2D eigenvalue weighted by atomic mass is 10.0. The molecule has 1 atom stereocenters. The van der Waals surface area contributed by atoms with Gasteiger partial charge < -0.3 is 14.7 Å². The molecular weight excluding hydrogens is 290 g/mol. The summed E-state index contributed by atoms with van der Waals surface area (Å²) >= 11 is 6.12. The van der Waals surface area contributed by atoms with Gasteiger partial charge in [-0.1, -0.05) is 35.9 Å². The van der Waals surface area contributed by atoms with Crippen molar-refractivity contribution in [2.75, 3.05) is 24.6 Å². The molecule has 2 heterocycles. The van der Waals surface area contributed by atoms with Crippen LogP contribution < -0.4 is 4.90 Å². The molecule has 1 aromatic carbocycles. The zero-order valence-corrected chi connectivity index (χ0v) is 12.8. The molecule has 0 amide bonds. The summed E-state index contributed by atoms with van der Waals surface area (Å²) in [5, 5.41) is 20.0. The van der Waals surface area contributed by atoms with Crippen molar-refractivity contribution >= 4 is 28.2 Å². The number of aliphatic hydroxyl groups excluding tert-OH is 1. The number of hydrogen-bond donors (Lipinski definition) is 1. The van der Waals surface area contributed by atoms with Crippen LogP contribution in [0.1, 0.15) is 13.8 Å². The molecule has 1 unspecified atom stereocenters. The summed E-state index contributed by atoms with van der Waals surface area (Å²) in [5.74, 6) is 0.782. The van der Waals surface area contributed by atoms with Gasteiger partial charge in [-0.3, -0.25) is 0 Å². The second-order valence-electron chi connectivity index (χ2n) is 5.92. The van der Waals surface area contributed by atoms with Gasteiger partial charge in [0.1, 0.15) is 0 Å². The third-order valence-electron chi connectivity index (χ3n) is 3.61. The van der Waals surface area contributed by atoms with Crippen LogP contribution in [0.15, 0.2) is 24.3 Å². The Balaban J connectivity index is 2.05. The van der Waals surface area contributed by atoms with Crippen LogP contribution in [0.4, 0.5) is 5.82 Å². The fourth-order valence-electron chi connectivity index (χ4n) is 2.84. The Hall–Kier alpha value is -1.43. The van der Waals surface area contributed by atoms with E-state index in [1.807, 2.05) is 38.1 Å². The van der Waals surface area contributed by atoms with E-state index < -0.39 is 0 Å². The molecule has 0 aliphatic carbocycles. The Morgan fingerprint density at radius 1 is 1.33 bits per heavy atom. The molecule has 1 fully saturated rings. The average Bonchev–Trinajstić information content (AvgIpc) is 2.46. The number of hydrogen-bond acceptors (Lipinski definition) is 5. The molecule has 1 aromatic heterocycles. The highest BCUT2D eigenvalue weighted by atomic mass is 35.5. The highest BCUT2D eigenvalue weighted by Crippen LogP contribution is 2.31. The summed E-state index contributed by atoms with van der Waals surface area (Å²) in [5.41, 5.74) is -0.353. The summed E-state index contributed by atoms with van der Waals surface area (Å²) < 4.78 is 5.84. The number of aliphatic hydroxyl groups is 1. The van der Waals surface area contributed by atoms with Crippen LogP contribution in [0.25, 0.3) is 10.8 Å². The Bertz CT molecular complexity index is 662. The second kappa shape index (κ2) is 5.40. The van der Waals surface area contributed by atoms with Gasteiger partial charge in [-0.05, 0) is 13.8 Å². The highest BCUT2D eigenvalue weighted by Gasteiger charge is 2.34. The molecule has 21 heavy (non-hydrogen) atoms. The summed E-state index contributed by atoms with van der Waals surface area (Å²) in [7, 11) is 0. The first-order valence-corrected chi connectivity index (χ1v) is 7.32. The van der Waals surface area contributed by atoms with Crippen LogP contribution in [0.5, 0.6) is 0 Å². The van der Waals surface area contributed by atoms with E-state index in [4.69, 9.17) is 16.3 Å². The predicted molar refractivity (Wildman–Crippen MR) is 82.8 cm³/mol. The number of benzene rings is 1. The van der Waals surface area contributed by atoms with Crippen molar-refractivity contribution in [3.8, 4) is 0 Å². The Morgan fingerprint density at radius 2 is 2.05 bits per heavy atom. The highest BCUT2D eigenvalue weighted by molar-refractivity contribution is 6.34. The predicted octanol–water partition coefficient (Wildman–Crippen LogP) is 2.26. The van der Waals surface area contributed by atoms with Crippen molar-refractivity contribution < 1.29 is 9.84 Å². The first-order chi connectivity index (χ1) is 10.00. The largest absolute Gasteiger partial charge is 0.394 e. The summed E-state index contributed by atoms with van der Waals surface area (Å²) in [6.45, 7) is 5.27. The molecule has 0 bridgehead atoms. The molecule has 0 radical (unpaired) electrons.